The standard InChI is InChI=1S/2C5H10O5/c2*6-1-3(8)5(10)4(9)2-7/h2*3,5-8,10H,1-2H2/t3-,5+;3-,5-/m10/s1. The van der Waals surface area contributed by atoms with E-state index in [1.165, 1.54) is 0 Å². The van der Waals surface area contributed by atoms with Crippen LogP contribution in [-0.4, -0.2) is 103 Å². The predicted molar refractivity (Wildman–Crippen MR) is 62.4 cm³/mol. The van der Waals surface area contributed by atoms with Crippen molar-refractivity contribution in [2.45, 2.75) is 24.4 Å². The summed E-state index contributed by atoms with van der Waals surface area (Å²) in [6.07, 6.45) is -6.37. The highest BCUT2D eigenvalue weighted by Crippen LogP contribution is 1.93. The third-order valence-corrected chi connectivity index (χ3v) is 2.07. The number of hydrogen-bond acceptors (Lipinski definition) is 10. The summed E-state index contributed by atoms with van der Waals surface area (Å²) in [4.78, 5) is 20.7. The van der Waals surface area contributed by atoms with E-state index in [0.29, 0.717) is 0 Å². The second-order valence-corrected chi connectivity index (χ2v) is 3.64. The first-order valence-corrected chi connectivity index (χ1v) is 5.47. The average molecular weight is 300 g/mol. The van der Waals surface area contributed by atoms with Crippen molar-refractivity contribution in [3.8, 4) is 0 Å². The quantitative estimate of drug-likeness (QED) is 0.214. The molecule has 0 aromatic heterocycles. The zero-order valence-corrected chi connectivity index (χ0v) is 10.5. The number of carbonyl (C=O) groups excluding carboxylic acids is 2. The smallest absolute Gasteiger partial charge is 0.189 e. The maximum absolute atomic E-state index is 10.3. The van der Waals surface area contributed by atoms with Gasteiger partial charge in [0.15, 0.2) is 11.6 Å². The molecule has 0 rings (SSSR count). The molecule has 0 heterocycles. The van der Waals surface area contributed by atoms with Gasteiger partial charge >= 0.3 is 0 Å². The number of aliphatic hydroxyl groups excluding tert-OH is 8. The molecule has 0 aliphatic heterocycles. The highest BCUT2D eigenvalue weighted by molar-refractivity contribution is 5.84. The van der Waals surface area contributed by atoms with Crippen LogP contribution in [0.2, 0.25) is 0 Å². The second kappa shape index (κ2) is 11.8. The molecule has 0 bridgehead atoms. The third-order valence-electron chi connectivity index (χ3n) is 2.07. The van der Waals surface area contributed by atoms with Gasteiger partial charge in [-0.15, -0.1) is 0 Å². The minimum atomic E-state index is -1.69. The first kappa shape index (κ1) is 21.3. The topological polar surface area (TPSA) is 196 Å². The Morgan fingerprint density at radius 1 is 0.650 bits per heavy atom. The van der Waals surface area contributed by atoms with Gasteiger partial charge in [-0.3, -0.25) is 9.59 Å². The summed E-state index contributed by atoms with van der Waals surface area (Å²) in [7, 11) is 0. The van der Waals surface area contributed by atoms with Crippen LogP contribution >= 0.6 is 0 Å². The summed E-state index contributed by atoms with van der Waals surface area (Å²) in [6, 6.07) is 0. The Labute approximate surface area is 114 Å². The average Bonchev–Trinajstić information content (AvgIpc) is 2.50. The van der Waals surface area contributed by atoms with Gasteiger partial charge in [0.05, 0.1) is 13.2 Å². The van der Waals surface area contributed by atoms with Crippen LogP contribution in [0.1, 0.15) is 0 Å². The Kier molecular flexibility index (Phi) is 12.6. The van der Waals surface area contributed by atoms with E-state index in [2.05, 4.69) is 0 Å². The molecule has 4 atom stereocenters. The number of hydrogen-bond donors (Lipinski definition) is 8. The van der Waals surface area contributed by atoms with E-state index < -0.39 is 62.4 Å². The van der Waals surface area contributed by atoms with E-state index in [4.69, 9.17) is 40.9 Å². The molecule has 20 heavy (non-hydrogen) atoms. The van der Waals surface area contributed by atoms with Gasteiger partial charge in [-0.1, -0.05) is 0 Å². The fourth-order valence-electron chi connectivity index (χ4n) is 0.816. The minimum absolute atomic E-state index is 0.701. The van der Waals surface area contributed by atoms with Gasteiger partial charge in [0.25, 0.3) is 0 Å². The van der Waals surface area contributed by atoms with Crippen molar-refractivity contribution in [2.75, 3.05) is 26.4 Å². The second-order valence-electron chi connectivity index (χ2n) is 3.64. The Bertz CT molecular complexity index is 253. The van der Waals surface area contributed by atoms with Gasteiger partial charge in [-0.25, -0.2) is 0 Å². The zero-order chi connectivity index (χ0) is 16.3. The molecule has 0 spiro atoms. The molecule has 0 aliphatic rings. The van der Waals surface area contributed by atoms with Gasteiger partial charge in [0, 0.05) is 0 Å². The first-order valence-electron chi connectivity index (χ1n) is 5.47. The summed E-state index contributed by atoms with van der Waals surface area (Å²) < 4.78 is 0. The van der Waals surface area contributed by atoms with Crippen LogP contribution in [0.5, 0.6) is 0 Å². The maximum Gasteiger partial charge on any atom is 0.189 e. The number of aliphatic hydroxyl groups is 8. The van der Waals surface area contributed by atoms with Gasteiger partial charge in [0.1, 0.15) is 37.6 Å². The van der Waals surface area contributed by atoms with Crippen molar-refractivity contribution in [3.05, 3.63) is 0 Å². The molecule has 0 radical (unpaired) electrons. The molecule has 0 amide bonds. The van der Waals surface area contributed by atoms with E-state index in [0.717, 1.165) is 0 Å². The van der Waals surface area contributed by atoms with Crippen molar-refractivity contribution < 1.29 is 50.4 Å². The van der Waals surface area contributed by atoms with E-state index in [-0.39, 0.29) is 0 Å². The van der Waals surface area contributed by atoms with Crippen molar-refractivity contribution in [1.29, 1.82) is 0 Å². The monoisotopic (exact) mass is 300 g/mol. The molecule has 0 fully saturated rings. The molecule has 0 saturated heterocycles. The van der Waals surface area contributed by atoms with Crippen LogP contribution in [0.4, 0.5) is 0 Å². The molecule has 0 aromatic rings. The molecule has 0 saturated carbocycles. The van der Waals surface area contributed by atoms with Crippen LogP contribution in [-0.2, 0) is 9.59 Å². The molecule has 8 N–H and O–H groups in total. The molecule has 0 aromatic carbocycles. The van der Waals surface area contributed by atoms with E-state index in [9.17, 15) is 9.59 Å². The van der Waals surface area contributed by atoms with Crippen molar-refractivity contribution in [3.63, 3.8) is 0 Å². The molecular formula is C10H20O10. The molecule has 0 unspecified atom stereocenters. The highest BCUT2D eigenvalue weighted by atomic mass is 16.4. The lowest BCUT2D eigenvalue weighted by Crippen LogP contribution is -2.37. The van der Waals surface area contributed by atoms with Gasteiger partial charge in [-0.2, -0.15) is 0 Å². The van der Waals surface area contributed by atoms with Crippen LogP contribution in [0.3, 0.4) is 0 Å². The van der Waals surface area contributed by atoms with Crippen LogP contribution < -0.4 is 0 Å². The summed E-state index contributed by atoms with van der Waals surface area (Å²) >= 11 is 0. The zero-order valence-electron chi connectivity index (χ0n) is 10.5. The van der Waals surface area contributed by atoms with Gasteiger partial charge in [0.2, 0.25) is 0 Å². The highest BCUT2D eigenvalue weighted by Gasteiger charge is 2.22. The molecule has 120 valence electrons. The maximum atomic E-state index is 10.3. The lowest BCUT2D eigenvalue weighted by molar-refractivity contribution is -0.137. The lowest BCUT2D eigenvalue weighted by atomic mass is 10.1. The largest absolute Gasteiger partial charge is 0.394 e. The van der Waals surface area contributed by atoms with E-state index in [1.54, 1.807) is 0 Å². The van der Waals surface area contributed by atoms with Crippen molar-refractivity contribution in [1.82, 2.24) is 0 Å². The minimum Gasteiger partial charge on any atom is -0.394 e. The summed E-state index contributed by atoms with van der Waals surface area (Å²) in [6.45, 7) is -3.07. The van der Waals surface area contributed by atoms with Crippen LogP contribution in [0.15, 0.2) is 0 Å². The normalized spacial score (nSPS) is 16.4. The molecule has 10 heteroatoms. The molecular weight excluding hydrogens is 280 g/mol. The first-order chi connectivity index (χ1) is 9.26. The lowest BCUT2D eigenvalue weighted by Gasteiger charge is -2.11. The fourth-order valence-corrected chi connectivity index (χ4v) is 0.816. The van der Waals surface area contributed by atoms with Crippen molar-refractivity contribution in [2.24, 2.45) is 0 Å². The number of Topliss-reactive ketones (excluding diaryl/α,β-unsaturated/α-hetero) is 2. The third kappa shape index (κ3) is 8.24. The summed E-state index contributed by atoms with van der Waals surface area (Å²) in [5.41, 5.74) is 0. The van der Waals surface area contributed by atoms with Crippen LogP contribution in [0, 0.1) is 0 Å². The van der Waals surface area contributed by atoms with Crippen molar-refractivity contribution >= 4 is 11.6 Å². The van der Waals surface area contributed by atoms with Crippen LogP contribution in [0.25, 0.3) is 0 Å². The Morgan fingerprint density at radius 3 is 1.05 bits per heavy atom. The SMILES string of the molecule is O=C(CO)[C@@H](O)[C@@H](O)CO.O=C(CO)[C@@H](O)[C@H](O)CO. The number of ketones is 2. The Hall–Kier alpha value is -0.980. The predicted octanol–water partition coefficient (Wildman–Crippen LogP) is -5.48. The Morgan fingerprint density at radius 2 is 0.900 bits per heavy atom. The number of carbonyl (C=O) groups is 2. The summed E-state index contributed by atoms with van der Waals surface area (Å²) in [5.74, 6) is -1.80. The number of rotatable bonds is 8. The van der Waals surface area contributed by atoms with E-state index >= 15 is 0 Å². The molecule has 0 aliphatic carbocycles. The van der Waals surface area contributed by atoms with E-state index in [1.807, 2.05) is 0 Å². The van der Waals surface area contributed by atoms with Gasteiger partial charge in [-0.05, 0) is 0 Å². The molecule has 10 nitrogen and oxygen atoms in total. The Balaban J connectivity index is 0. The fraction of sp³-hybridized carbons (Fsp3) is 0.800. The summed E-state index contributed by atoms with van der Waals surface area (Å²) in [5, 5.41) is 67.2. The van der Waals surface area contributed by atoms with Gasteiger partial charge < -0.3 is 40.9 Å².